The second-order valence-electron chi connectivity index (χ2n) is 27.0. The van der Waals surface area contributed by atoms with Gasteiger partial charge in [0.2, 0.25) is 15.3 Å². The molecule has 570 valence electrons. The molecule has 9 heterocycles. The van der Waals surface area contributed by atoms with E-state index in [0.29, 0.717) is 97.4 Å². The van der Waals surface area contributed by atoms with Gasteiger partial charge in [-0.15, -0.1) is 12.4 Å². The quantitative estimate of drug-likeness (QED) is 0.0553. The Bertz CT molecular complexity index is 4490. The van der Waals surface area contributed by atoms with Crippen molar-refractivity contribution in [3.8, 4) is 0 Å². The van der Waals surface area contributed by atoms with Crippen molar-refractivity contribution in [2.75, 3.05) is 52.4 Å². The number of aromatic nitrogens is 10. The van der Waals surface area contributed by atoms with Crippen LogP contribution in [0.5, 0.6) is 0 Å². The summed E-state index contributed by atoms with van der Waals surface area (Å²) in [6.07, 6.45) is 18.1. The number of aromatic carboxylic acids is 2. The molecule has 5 aromatic heterocycles. The fraction of sp³-hybridized carbons (Fsp3) is 0.423. The van der Waals surface area contributed by atoms with Gasteiger partial charge in [-0.25, -0.2) is 77.4 Å². The average molecular weight is 1540 g/mol. The van der Waals surface area contributed by atoms with E-state index in [0.717, 1.165) is 97.3 Å². The molecule has 0 radical (unpaired) electrons. The first-order valence-electron chi connectivity index (χ1n) is 34.1. The first-order chi connectivity index (χ1) is 50.2. The van der Waals surface area contributed by atoms with Crippen molar-refractivity contribution in [2.45, 2.75) is 146 Å². The highest BCUT2D eigenvalue weighted by Gasteiger charge is 2.35. The highest BCUT2D eigenvalue weighted by molar-refractivity contribution is 7.89. The van der Waals surface area contributed by atoms with Gasteiger partial charge in [-0.05, 0) is 195 Å². The van der Waals surface area contributed by atoms with E-state index in [1.165, 1.54) is 36.8 Å². The molecule has 36 heteroatoms. The third kappa shape index (κ3) is 25.7. The highest BCUT2D eigenvalue weighted by Crippen LogP contribution is 2.33. The lowest BCUT2D eigenvalue weighted by atomic mass is 10.1. The van der Waals surface area contributed by atoms with Crippen LogP contribution in [0.1, 0.15) is 187 Å². The number of rotatable bonds is 14. The van der Waals surface area contributed by atoms with Crippen molar-refractivity contribution >= 4 is 98.2 Å². The molecular formula is C71H82Cl2F3N17O13S. The maximum absolute atomic E-state index is 12.9. The summed E-state index contributed by atoms with van der Waals surface area (Å²) in [6, 6.07) is 12.0. The third-order valence-electron chi connectivity index (χ3n) is 16.0. The van der Waals surface area contributed by atoms with Crippen molar-refractivity contribution in [3.63, 3.8) is 0 Å². The lowest BCUT2D eigenvalue weighted by Crippen LogP contribution is -2.39. The number of benzene rings is 1. The summed E-state index contributed by atoms with van der Waals surface area (Å²) >= 11 is 5.30. The van der Waals surface area contributed by atoms with Gasteiger partial charge in [-0.2, -0.15) is 17.5 Å². The first-order valence-corrected chi connectivity index (χ1v) is 35.9. The van der Waals surface area contributed by atoms with E-state index in [4.69, 9.17) is 31.3 Å². The van der Waals surface area contributed by atoms with Crippen LogP contribution < -0.4 is 21.3 Å². The number of carbonyl (C=O) groups excluding carboxylic acids is 5. The van der Waals surface area contributed by atoms with Crippen LogP contribution in [0.4, 0.5) is 22.8 Å². The molecule has 4 aliphatic heterocycles. The second kappa shape index (κ2) is 36.8. The van der Waals surface area contributed by atoms with Crippen LogP contribution in [0.3, 0.4) is 0 Å². The number of nitrogens with one attached hydrogen (secondary N) is 4. The predicted octanol–water partition coefficient (Wildman–Crippen LogP) is 9.45. The molecule has 0 unspecified atom stereocenters. The lowest BCUT2D eigenvalue weighted by Gasteiger charge is -2.29. The SMILES string of the molecule is CC(C)(C)OC(=O)N1CC=C(c2nccc(C(=O)NC3CC3)n2)CC1.CC(C)(C)OC(=O)N1CC=C(c2nccc(C(=O)O)n2)CC1.Cl.O=C(NC1CC1)c1ccnc(C2=CCN(S(=O)(=O)c3cccc(C(F)(F)F)c3)CC2)n1.O=C(NC1CC1)c1ccnc(C2=CCNCC2)n1.O=C(O)c1ccnc(Cl)n1. The Kier molecular flexibility index (Phi) is 28.3. The number of carboxylic acids is 2. The molecule has 1 aromatic carbocycles. The zero-order chi connectivity index (χ0) is 76.5. The van der Waals surface area contributed by atoms with Gasteiger partial charge in [0.25, 0.3) is 17.7 Å². The number of carboxylic acid groups (broad SMARTS) is 2. The van der Waals surface area contributed by atoms with Crippen LogP contribution >= 0.6 is 24.0 Å². The van der Waals surface area contributed by atoms with E-state index in [-0.39, 0.29) is 90.2 Å². The number of nitrogens with zero attached hydrogens (tertiary/aromatic N) is 13. The number of carbonyl (C=O) groups is 7. The Morgan fingerprint density at radius 2 is 0.888 bits per heavy atom. The van der Waals surface area contributed by atoms with E-state index in [2.05, 4.69) is 77.2 Å². The summed E-state index contributed by atoms with van der Waals surface area (Å²) in [5, 5.41) is 29.2. The molecule has 107 heavy (non-hydrogen) atoms. The van der Waals surface area contributed by atoms with Gasteiger partial charge >= 0.3 is 30.3 Å². The standard InChI is InChI=1S/C20H19F3N4O3S.C18H24N4O3.C15H19N3O4.C13H16N4O.C5H3ClN2O2.ClH/c21-20(22,23)14-2-1-3-16(12-14)31(29,30)27-10-7-13(8-11-27)18-24-9-6-17(26-18)19(28)25-15-4-5-15;1-18(2,3)25-17(24)22-10-7-12(8-11-22)15-19-9-6-14(21-15)16(23)20-13-4-5-13;1-15(2,3)22-14(21)18-8-5-10(6-9-18)12-16-7-4-11(17-12)13(19)20;18-13(16-10-1-2-10)11-5-8-15-12(17-11)9-3-6-14-7-4-9;6-5-7-2-1-3(8-5)4(9)10;/h1-3,6-7,9,12,15H,4-5,8,10-11H2,(H,25,28);6-7,9,13H,4-5,8,10-11H2,1-3H3,(H,20,23);4-5,7H,6,8-9H2,1-3H3,(H,19,20);3,5,8,10,14H,1-2,4,6-7H2,(H,16,18);1-2H,(H,9,10);1H. The summed E-state index contributed by atoms with van der Waals surface area (Å²) in [6.45, 7) is 14.7. The van der Waals surface area contributed by atoms with E-state index >= 15 is 0 Å². The summed E-state index contributed by atoms with van der Waals surface area (Å²) in [5.41, 5.74) is 2.47. The van der Waals surface area contributed by atoms with Crippen LogP contribution in [-0.4, -0.2) is 206 Å². The fourth-order valence-electron chi connectivity index (χ4n) is 10.1. The first kappa shape index (κ1) is 82.4. The molecule has 3 saturated carbocycles. The van der Waals surface area contributed by atoms with Crippen molar-refractivity contribution in [2.24, 2.45) is 0 Å². The number of hydrogen-bond acceptors (Lipinski definition) is 22. The molecule has 5 amide bonds. The number of amides is 5. The predicted molar refractivity (Wildman–Crippen MR) is 387 cm³/mol. The molecule has 3 fully saturated rings. The van der Waals surface area contributed by atoms with Crippen molar-refractivity contribution < 1.29 is 74.8 Å². The molecule has 0 atom stereocenters. The number of ether oxygens (including phenoxy) is 2. The minimum atomic E-state index is -4.63. The van der Waals surface area contributed by atoms with Crippen LogP contribution in [0.2, 0.25) is 5.28 Å². The van der Waals surface area contributed by atoms with E-state index < -0.39 is 49.8 Å². The Hall–Kier alpha value is -10.3. The molecule has 6 aromatic rings. The zero-order valence-corrected chi connectivity index (χ0v) is 61.8. The Labute approximate surface area is 626 Å². The Morgan fingerprint density at radius 3 is 1.21 bits per heavy atom. The Balaban J connectivity index is 0.000000174. The lowest BCUT2D eigenvalue weighted by molar-refractivity contribution is -0.137. The van der Waals surface area contributed by atoms with Crippen molar-refractivity contribution in [1.82, 2.24) is 85.2 Å². The molecule has 0 saturated heterocycles. The summed E-state index contributed by atoms with van der Waals surface area (Å²) in [7, 11) is -4.09. The second-order valence-corrected chi connectivity index (χ2v) is 29.3. The van der Waals surface area contributed by atoms with Crippen LogP contribution in [0.25, 0.3) is 22.3 Å². The summed E-state index contributed by atoms with van der Waals surface area (Å²) in [5.74, 6) is -0.764. The monoisotopic (exact) mass is 1540 g/mol. The van der Waals surface area contributed by atoms with E-state index in [1.807, 2.05) is 53.7 Å². The molecular weight excluding hydrogens is 1460 g/mol. The molecule has 30 nitrogen and oxygen atoms in total. The average Bonchev–Trinajstić information content (AvgIpc) is 1.73. The van der Waals surface area contributed by atoms with E-state index in [9.17, 15) is 55.2 Å². The fourth-order valence-corrected chi connectivity index (χ4v) is 11.7. The van der Waals surface area contributed by atoms with Crippen LogP contribution in [0.15, 0.2) is 115 Å². The van der Waals surface area contributed by atoms with Gasteiger partial charge in [-0.1, -0.05) is 30.4 Å². The molecule has 3 aliphatic carbocycles. The van der Waals surface area contributed by atoms with Crippen molar-refractivity contribution in [3.05, 3.63) is 172 Å². The minimum absolute atomic E-state index is 0. The maximum Gasteiger partial charge on any atom is 0.416 e. The summed E-state index contributed by atoms with van der Waals surface area (Å²) in [4.78, 5) is 125. The molecule has 0 bridgehead atoms. The molecule has 0 spiro atoms. The third-order valence-corrected chi connectivity index (χ3v) is 18.1. The highest BCUT2D eigenvalue weighted by atomic mass is 35.5. The Morgan fingerprint density at radius 1 is 0.514 bits per heavy atom. The molecule has 7 aliphatic rings. The van der Waals surface area contributed by atoms with Crippen LogP contribution in [0, 0.1) is 0 Å². The van der Waals surface area contributed by atoms with Gasteiger partial charge in [0.05, 0.1) is 10.5 Å². The largest absolute Gasteiger partial charge is 0.477 e. The minimum Gasteiger partial charge on any atom is -0.477 e. The van der Waals surface area contributed by atoms with Gasteiger partial charge in [0.1, 0.15) is 28.3 Å². The molecule has 13 rings (SSSR count). The van der Waals surface area contributed by atoms with Gasteiger partial charge in [-0.3, -0.25) is 14.4 Å². The van der Waals surface area contributed by atoms with Gasteiger partial charge < -0.3 is 50.8 Å². The van der Waals surface area contributed by atoms with E-state index in [1.54, 1.807) is 40.4 Å². The topological polar surface area (TPSA) is 399 Å². The number of hydrogen-bond donors (Lipinski definition) is 6. The zero-order valence-electron chi connectivity index (χ0n) is 59.4. The maximum atomic E-state index is 12.9. The van der Waals surface area contributed by atoms with Gasteiger partial charge in [0, 0.05) is 94.9 Å². The van der Waals surface area contributed by atoms with Gasteiger partial charge in [0.15, 0.2) is 34.7 Å². The van der Waals surface area contributed by atoms with Crippen molar-refractivity contribution in [1.29, 1.82) is 0 Å². The normalized spacial score (nSPS) is 16.5. The summed E-state index contributed by atoms with van der Waals surface area (Å²) < 4.78 is 76.2. The number of sulfonamides is 1. The smallest absolute Gasteiger partial charge is 0.416 e. The number of alkyl halides is 3. The molecule has 6 N–H and O–H groups in total. The number of halogens is 5. The van der Waals surface area contributed by atoms with Crippen LogP contribution in [-0.2, 0) is 25.7 Å².